The van der Waals surface area contributed by atoms with E-state index in [2.05, 4.69) is 0 Å². The maximum absolute atomic E-state index is 12.7. The van der Waals surface area contributed by atoms with Crippen molar-refractivity contribution in [2.75, 3.05) is 0 Å². The molecule has 3 nitrogen and oxygen atoms in total. The average molecular weight is 316 g/mol. The second-order valence-electron chi connectivity index (χ2n) is 5.42. The Morgan fingerprint density at radius 3 is 1.79 bits per heavy atom. The highest BCUT2D eigenvalue weighted by Gasteiger charge is 2.24. The van der Waals surface area contributed by atoms with E-state index in [1.165, 1.54) is 0 Å². The first kappa shape index (κ1) is 15.8. The Kier molecular flexibility index (Phi) is 4.64. The van der Waals surface area contributed by atoms with E-state index in [0.717, 1.165) is 0 Å². The number of ketones is 2. The molecule has 0 amide bonds. The molecule has 0 heterocycles. The fourth-order valence-electron chi connectivity index (χ4n) is 2.58. The van der Waals surface area contributed by atoms with Crippen molar-refractivity contribution >= 4 is 11.6 Å². The standard InChI is InChI=1S/C21H16O3/c22-19(15-9-3-1-4-10-15)17-13-7-8-14-18(17)21(24)20(23)16-11-5-2-6-12-16/h1-14,20,23H. The first-order valence-corrected chi connectivity index (χ1v) is 7.64. The van der Waals surface area contributed by atoms with E-state index in [9.17, 15) is 14.7 Å². The van der Waals surface area contributed by atoms with Crippen LogP contribution in [0.15, 0.2) is 84.9 Å². The Labute approximate surface area is 140 Å². The van der Waals surface area contributed by atoms with E-state index >= 15 is 0 Å². The number of hydrogen-bond acceptors (Lipinski definition) is 3. The van der Waals surface area contributed by atoms with Gasteiger partial charge in [0.05, 0.1) is 0 Å². The third-order valence-corrected chi connectivity index (χ3v) is 3.84. The third kappa shape index (κ3) is 3.16. The van der Waals surface area contributed by atoms with Crippen molar-refractivity contribution in [3.63, 3.8) is 0 Å². The summed E-state index contributed by atoms with van der Waals surface area (Å²) in [5, 5.41) is 10.4. The van der Waals surface area contributed by atoms with E-state index in [4.69, 9.17) is 0 Å². The molecule has 0 saturated carbocycles. The predicted octanol–water partition coefficient (Wildman–Crippen LogP) is 3.83. The molecule has 118 valence electrons. The third-order valence-electron chi connectivity index (χ3n) is 3.84. The quantitative estimate of drug-likeness (QED) is 0.728. The van der Waals surface area contributed by atoms with Crippen molar-refractivity contribution in [3.05, 3.63) is 107 Å². The summed E-state index contributed by atoms with van der Waals surface area (Å²) in [6, 6.07) is 24.1. The number of hydrogen-bond donors (Lipinski definition) is 1. The molecule has 1 N–H and O–H groups in total. The molecule has 0 bridgehead atoms. The van der Waals surface area contributed by atoms with Crippen molar-refractivity contribution in [1.29, 1.82) is 0 Å². The number of carbonyl (C=O) groups is 2. The Hall–Kier alpha value is -3.04. The smallest absolute Gasteiger partial charge is 0.196 e. The molecule has 0 radical (unpaired) electrons. The number of aliphatic hydroxyl groups excluding tert-OH is 1. The van der Waals surface area contributed by atoms with Crippen LogP contribution in [-0.4, -0.2) is 16.7 Å². The van der Waals surface area contributed by atoms with Crippen LogP contribution in [0, 0.1) is 0 Å². The van der Waals surface area contributed by atoms with E-state index in [1.807, 2.05) is 12.1 Å². The molecule has 0 spiro atoms. The number of carbonyl (C=O) groups excluding carboxylic acids is 2. The number of benzene rings is 3. The molecule has 3 rings (SSSR count). The van der Waals surface area contributed by atoms with E-state index in [1.54, 1.807) is 72.8 Å². The van der Waals surface area contributed by atoms with Crippen LogP contribution in [0.2, 0.25) is 0 Å². The van der Waals surface area contributed by atoms with Gasteiger partial charge in [-0.1, -0.05) is 84.9 Å². The first-order chi connectivity index (χ1) is 11.7. The fraction of sp³-hybridized carbons (Fsp3) is 0.0476. The highest BCUT2D eigenvalue weighted by molar-refractivity contribution is 6.16. The fourth-order valence-corrected chi connectivity index (χ4v) is 2.58. The summed E-state index contributed by atoms with van der Waals surface area (Å²) in [5.41, 5.74) is 1.53. The summed E-state index contributed by atoms with van der Waals surface area (Å²) in [4.78, 5) is 25.4. The van der Waals surface area contributed by atoms with Crippen LogP contribution in [0.1, 0.15) is 37.9 Å². The summed E-state index contributed by atoms with van der Waals surface area (Å²) < 4.78 is 0. The molecule has 0 aliphatic heterocycles. The zero-order chi connectivity index (χ0) is 16.9. The zero-order valence-corrected chi connectivity index (χ0v) is 12.9. The predicted molar refractivity (Wildman–Crippen MR) is 92.0 cm³/mol. The zero-order valence-electron chi connectivity index (χ0n) is 12.9. The molecule has 1 unspecified atom stereocenters. The Morgan fingerprint density at radius 2 is 1.17 bits per heavy atom. The average Bonchev–Trinajstić information content (AvgIpc) is 2.67. The maximum Gasteiger partial charge on any atom is 0.196 e. The van der Waals surface area contributed by atoms with Crippen LogP contribution in [-0.2, 0) is 0 Å². The van der Waals surface area contributed by atoms with Crippen molar-refractivity contribution in [2.24, 2.45) is 0 Å². The largest absolute Gasteiger partial charge is 0.380 e. The molecular weight excluding hydrogens is 300 g/mol. The van der Waals surface area contributed by atoms with Crippen LogP contribution in [0.25, 0.3) is 0 Å². The van der Waals surface area contributed by atoms with Crippen molar-refractivity contribution in [1.82, 2.24) is 0 Å². The molecule has 3 aromatic rings. The minimum atomic E-state index is -1.30. The summed E-state index contributed by atoms with van der Waals surface area (Å²) in [7, 11) is 0. The molecule has 0 aromatic heterocycles. The van der Waals surface area contributed by atoms with Crippen molar-refractivity contribution in [2.45, 2.75) is 6.10 Å². The molecular formula is C21H16O3. The van der Waals surface area contributed by atoms with Crippen molar-refractivity contribution in [3.8, 4) is 0 Å². The van der Waals surface area contributed by atoms with Gasteiger partial charge in [-0.15, -0.1) is 0 Å². The second kappa shape index (κ2) is 7.02. The lowest BCUT2D eigenvalue weighted by atomic mass is 9.92. The van der Waals surface area contributed by atoms with Gasteiger partial charge in [0.15, 0.2) is 11.6 Å². The van der Waals surface area contributed by atoms with Gasteiger partial charge in [-0.05, 0) is 5.56 Å². The molecule has 1 atom stereocenters. The highest BCUT2D eigenvalue weighted by Crippen LogP contribution is 2.22. The molecule has 0 aliphatic carbocycles. The van der Waals surface area contributed by atoms with Crippen LogP contribution in [0.4, 0.5) is 0 Å². The van der Waals surface area contributed by atoms with Crippen LogP contribution in [0.3, 0.4) is 0 Å². The van der Waals surface area contributed by atoms with Gasteiger partial charge in [-0.25, -0.2) is 0 Å². The van der Waals surface area contributed by atoms with Gasteiger partial charge in [0.25, 0.3) is 0 Å². The van der Waals surface area contributed by atoms with E-state index < -0.39 is 11.9 Å². The molecule has 24 heavy (non-hydrogen) atoms. The minimum absolute atomic E-state index is 0.225. The van der Waals surface area contributed by atoms with Crippen LogP contribution >= 0.6 is 0 Å². The second-order valence-corrected chi connectivity index (χ2v) is 5.42. The van der Waals surface area contributed by atoms with Gasteiger partial charge in [-0.3, -0.25) is 9.59 Å². The lowest BCUT2D eigenvalue weighted by molar-refractivity contribution is 0.0744. The normalized spacial score (nSPS) is 11.7. The summed E-state index contributed by atoms with van der Waals surface area (Å²) in [6.45, 7) is 0. The van der Waals surface area contributed by atoms with Crippen molar-refractivity contribution < 1.29 is 14.7 Å². The van der Waals surface area contributed by atoms with Gasteiger partial charge < -0.3 is 5.11 Å². The van der Waals surface area contributed by atoms with Gasteiger partial charge in [0.2, 0.25) is 0 Å². The number of Topliss-reactive ketones (excluding diaryl/α,β-unsaturated/α-hetero) is 1. The first-order valence-electron chi connectivity index (χ1n) is 7.64. The summed E-state index contributed by atoms with van der Waals surface area (Å²) in [6.07, 6.45) is -1.30. The van der Waals surface area contributed by atoms with Gasteiger partial charge >= 0.3 is 0 Å². The Balaban J connectivity index is 1.98. The van der Waals surface area contributed by atoms with Gasteiger partial charge in [0.1, 0.15) is 6.10 Å². The summed E-state index contributed by atoms with van der Waals surface area (Å²) in [5.74, 6) is -0.721. The lowest BCUT2D eigenvalue weighted by Crippen LogP contribution is -2.16. The molecule has 0 fully saturated rings. The molecule has 3 aromatic carbocycles. The summed E-state index contributed by atoms with van der Waals surface area (Å²) >= 11 is 0. The SMILES string of the molecule is O=C(c1ccccc1)c1ccccc1C(=O)C(O)c1ccccc1. The molecule has 0 saturated heterocycles. The van der Waals surface area contributed by atoms with E-state index in [-0.39, 0.29) is 11.3 Å². The van der Waals surface area contributed by atoms with E-state index in [0.29, 0.717) is 16.7 Å². The van der Waals surface area contributed by atoms with Crippen LogP contribution in [0.5, 0.6) is 0 Å². The number of aliphatic hydroxyl groups is 1. The molecule has 3 heteroatoms. The van der Waals surface area contributed by atoms with Crippen LogP contribution < -0.4 is 0 Å². The number of rotatable bonds is 5. The molecule has 0 aliphatic rings. The topological polar surface area (TPSA) is 54.4 Å². The van der Waals surface area contributed by atoms with Gasteiger partial charge in [0, 0.05) is 16.7 Å². The monoisotopic (exact) mass is 316 g/mol. The minimum Gasteiger partial charge on any atom is -0.380 e. The Bertz CT molecular complexity index is 855. The maximum atomic E-state index is 12.7. The van der Waals surface area contributed by atoms with Gasteiger partial charge in [-0.2, -0.15) is 0 Å². The lowest BCUT2D eigenvalue weighted by Gasteiger charge is -2.13. The highest BCUT2D eigenvalue weighted by atomic mass is 16.3. The Morgan fingerprint density at radius 1 is 0.667 bits per heavy atom.